The Labute approximate surface area is 322 Å². The van der Waals surface area contributed by atoms with E-state index in [1.54, 1.807) is 69.5 Å². The molecule has 0 aliphatic heterocycles. The van der Waals surface area contributed by atoms with E-state index in [2.05, 4.69) is 22.5 Å². The fraction of sp³-hybridized carbons (Fsp3) is 0.263. The lowest BCUT2D eigenvalue weighted by Gasteiger charge is -2.29. The predicted molar refractivity (Wildman–Crippen MR) is 207 cm³/mol. The van der Waals surface area contributed by atoms with Gasteiger partial charge in [0.15, 0.2) is 0 Å². The molecule has 0 bridgehead atoms. The van der Waals surface area contributed by atoms with Gasteiger partial charge < -0.3 is 26.6 Å². The first-order valence-electron chi connectivity index (χ1n) is 16.3. The molecule has 0 saturated carbocycles. The van der Waals surface area contributed by atoms with Gasteiger partial charge in [-0.2, -0.15) is 16.8 Å². The fourth-order valence-electron chi connectivity index (χ4n) is 4.25. The van der Waals surface area contributed by atoms with Gasteiger partial charge in [-0.1, -0.05) is 59.4 Å². The second-order valence-corrected chi connectivity index (χ2v) is 15.3. The Morgan fingerprint density at radius 3 is 1.55 bits per heavy atom. The molecule has 0 aromatic heterocycles. The highest BCUT2D eigenvalue weighted by atomic mass is 32.2. The molecule has 55 heavy (non-hydrogen) atoms. The third-order valence-electron chi connectivity index (χ3n) is 7.29. The molecular weight excluding hydrogens is 753 g/mol. The number of amides is 2. The topological polar surface area (TPSA) is 266 Å². The van der Waals surface area contributed by atoms with E-state index in [4.69, 9.17) is 24.8 Å². The van der Waals surface area contributed by atoms with Crippen LogP contribution in [0.5, 0.6) is 0 Å². The number of rotatable bonds is 11. The molecule has 4 aromatic rings. The molecule has 4 rings (SSSR count). The minimum absolute atomic E-state index is 0. The smallest absolute Gasteiger partial charge is 0.294 e. The average Bonchev–Trinajstić information content (AvgIpc) is 3.11. The van der Waals surface area contributed by atoms with Gasteiger partial charge in [0.05, 0.1) is 16.4 Å². The van der Waals surface area contributed by atoms with Crippen LogP contribution in [0.4, 0.5) is 0 Å². The molecule has 0 unspecified atom stereocenters. The van der Waals surface area contributed by atoms with Gasteiger partial charge in [0.1, 0.15) is 6.04 Å². The number of carbonyl (C=O) groups is 2. The summed E-state index contributed by atoms with van der Waals surface area (Å²) < 4.78 is 64.1. The summed E-state index contributed by atoms with van der Waals surface area (Å²) in [5.41, 5.74) is 11.4. The molecule has 298 valence electrons. The molecule has 0 fully saturated rings. The molecule has 1 atom stereocenters. The van der Waals surface area contributed by atoms with Crippen LogP contribution < -0.4 is 21.8 Å². The zero-order valence-corrected chi connectivity index (χ0v) is 32.7. The molecule has 0 spiro atoms. The van der Waals surface area contributed by atoms with E-state index in [-0.39, 0.29) is 15.3 Å². The lowest BCUT2D eigenvalue weighted by Crippen LogP contribution is -2.61. The van der Waals surface area contributed by atoms with E-state index in [1.165, 1.54) is 29.7 Å². The number of benzene rings is 4. The molecule has 0 aliphatic rings. The maximum atomic E-state index is 12.5. The number of hydrogen-bond acceptors (Lipinski definition) is 10. The van der Waals surface area contributed by atoms with Crippen LogP contribution in [0.15, 0.2) is 107 Å². The molecule has 2 amide bonds. The molecule has 10 N–H and O–H groups in total. The van der Waals surface area contributed by atoms with Crippen molar-refractivity contribution in [2.75, 3.05) is 20.3 Å². The molecule has 0 radical (unpaired) electrons. The highest BCUT2D eigenvalue weighted by Crippen LogP contribution is 2.11. The van der Waals surface area contributed by atoms with Crippen LogP contribution in [0, 0.1) is 25.7 Å². The summed E-state index contributed by atoms with van der Waals surface area (Å²) in [6, 6.07) is 25.5. The Morgan fingerprint density at radius 1 is 0.764 bits per heavy atom. The Hall–Kier alpha value is -5.00. The second kappa shape index (κ2) is 22.4. The van der Waals surface area contributed by atoms with Gasteiger partial charge in [0.2, 0.25) is 0 Å². The zero-order chi connectivity index (χ0) is 40.5. The van der Waals surface area contributed by atoms with Gasteiger partial charge >= 0.3 is 0 Å². The minimum Gasteiger partial charge on any atom is -0.412 e. The Morgan fingerprint density at radius 2 is 1.18 bits per heavy atom. The Kier molecular flexibility index (Phi) is 19.6. The van der Waals surface area contributed by atoms with Crippen LogP contribution in [0.25, 0.3) is 0 Å². The van der Waals surface area contributed by atoms with Gasteiger partial charge in [-0.15, -0.1) is 0 Å². The molecule has 4 aromatic carbocycles. The van der Waals surface area contributed by atoms with E-state index in [9.17, 15) is 26.4 Å². The Bertz CT molecular complexity index is 2020. The lowest BCUT2D eigenvalue weighted by atomic mass is 9.95. The molecular formula is C38H48N4O11S2. The summed E-state index contributed by atoms with van der Waals surface area (Å²) >= 11 is 0. The predicted octanol–water partition coefficient (Wildman–Crippen LogP) is 2.82. The SMILES string of the molecule is COCCNCc1ccc(C#Cc2ccc(C(=O)N[C@H](C(=O)NO)C(C)(C)N)cc2)cc1.Cc1ccc(S(=O)(=O)O)cc1.Cc1ccc(S(=O)(=O)O)cc1.O. The third-order valence-corrected chi connectivity index (χ3v) is 9.03. The van der Waals surface area contributed by atoms with Crippen molar-refractivity contribution in [3.05, 3.63) is 130 Å². The number of ether oxygens (including phenoxy) is 1. The maximum absolute atomic E-state index is 12.5. The van der Waals surface area contributed by atoms with Crippen LogP contribution in [0.2, 0.25) is 0 Å². The molecule has 0 heterocycles. The average molecular weight is 801 g/mol. The summed E-state index contributed by atoms with van der Waals surface area (Å²) in [4.78, 5) is 24.2. The number of hydroxylamine groups is 1. The highest BCUT2D eigenvalue weighted by molar-refractivity contribution is 7.86. The quantitative estimate of drug-likeness (QED) is 0.0380. The zero-order valence-electron chi connectivity index (χ0n) is 31.0. The summed E-state index contributed by atoms with van der Waals surface area (Å²) in [7, 11) is -6.36. The number of carbonyl (C=O) groups excluding carboxylic acids is 2. The van der Waals surface area contributed by atoms with Gasteiger partial charge in [-0.25, -0.2) is 5.48 Å². The molecule has 17 heteroatoms. The second-order valence-electron chi connectivity index (χ2n) is 12.5. The van der Waals surface area contributed by atoms with Crippen LogP contribution in [-0.2, 0) is 36.3 Å². The Balaban J connectivity index is 0.000000532. The number of aryl methyl sites for hydroxylation is 2. The van der Waals surface area contributed by atoms with E-state index < -0.39 is 43.6 Å². The standard InChI is InChI=1S/C24H30N4O4.2C7H8O3S.H2O/c1-24(2,25)21(23(30)28-31)27-22(29)20-12-10-18(11-13-20)5-4-17-6-8-19(9-7-17)16-26-14-15-32-3;2*1-6-2-4-7(5-3-6)11(8,9)10;/h6-13,21,26,31H,14-16,25H2,1-3H3,(H,27,29)(H,28,30);2*2-5H,1H3,(H,8,9,10);1H2/t21-;;;/m1.../s1. The van der Waals surface area contributed by atoms with Crippen LogP contribution in [0.1, 0.15) is 52.0 Å². The van der Waals surface area contributed by atoms with Crippen molar-refractivity contribution in [2.45, 2.75) is 55.6 Å². The van der Waals surface area contributed by atoms with E-state index in [0.717, 1.165) is 40.9 Å². The monoisotopic (exact) mass is 800 g/mol. The van der Waals surface area contributed by atoms with Crippen LogP contribution in [0.3, 0.4) is 0 Å². The summed E-state index contributed by atoms with van der Waals surface area (Å²) in [6.45, 7) is 9.08. The van der Waals surface area contributed by atoms with Crippen molar-refractivity contribution in [2.24, 2.45) is 5.73 Å². The maximum Gasteiger partial charge on any atom is 0.294 e. The first kappa shape index (κ1) is 48.0. The highest BCUT2D eigenvalue weighted by Gasteiger charge is 2.33. The number of nitrogens with one attached hydrogen (secondary N) is 3. The van der Waals surface area contributed by atoms with E-state index in [1.807, 2.05) is 38.1 Å². The summed E-state index contributed by atoms with van der Waals surface area (Å²) in [5, 5.41) is 14.7. The molecule has 15 nitrogen and oxygen atoms in total. The van der Waals surface area contributed by atoms with E-state index >= 15 is 0 Å². The van der Waals surface area contributed by atoms with Crippen molar-refractivity contribution in [3.63, 3.8) is 0 Å². The van der Waals surface area contributed by atoms with Crippen LogP contribution >= 0.6 is 0 Å². The van der Waals surface area contributed by atoms with Gasteiger partial charge in [0, 0.05) is 42.4 Å². The molecule has 0 saturated heterocycles. The first-order chi connectivity index (χ1) is 25.2. The van der Waals surface area contributed by atoms with Crippen molar-refractivity contribution in [1.29, 1.82) is 0 Å². The minimum atomic E-state index is -4.02. The van der Waals surface area contributed by atoms with Crippen molar-refractivity contribution >= 4 is 32.1 Å². The number of nitrogens with two attached hydrogens (primary N) is 1. The van der Waals surface area contributed by atoms with Gasteiger partial charge in [0.25, 0.3) is 32.1 Å². The third kappa shape index (κ3) is 17.8. The van der Waals surface area contributed by atoms with Crippen molar-refractivity contribution in [1.82, 2.24) is 16.1 Å². The number of methoxy groups -OCH3 is 1. The number of hydrogen-bond donors (Lipinski definition) is 7. The lowest BCUT2D eigenvalue weighted by molar-refractivity contribution is -0.132. The van der Waals surface area contributed by atoms with Gasteiger partial charge in [-0.05, 0) is 93.9 Å². The summed E-state index contributed by atoms with van der Waals surface area (Å²) in [5.74, 6) is 4.90. The summed E-state index contributed by atoms with van der Waals surface area (Å²) in [6.07, 6.45) is 0. The van der Waals surface area contributed by atoms with Crippen molar-refractivity contribution < 1.29 is 51.0 Å². The van der Waals surface area contributed by atoms with E-state index in [0.29, 0.717) is 12.2 Å². The fourth-order valence-corrected chi connectivity index (χ4v) is 5.21. The normalized spacial score (nSPS) is 11.4. The molecule has 0 aliphatic carbocycles. The first-order valence-corrected chi connectivity index (χ1v) is 19.1. The van der Waals surface area contributed by atoms with Gasteiger partial charge in [-0.3, -0.25) is 23.9 Å². The largest absolute Gasteiger partial charge is 0.412 e. The van der Waals surface area contributed by atoms with Crippen LogP contribution in [-0.4, -0.2) is 80.3 Å². The van der Waals surface area contributed by atoms with Crippen molar-refractivity contribution in [3.8, 4) is 11.8 Å².